The zero-order valence-electron chi connectivity index (χ0n) is 7.96. The van der Waals surface area contributed by atoms with E-state index in [1.807, 2.05) is 0 Å². The lowest BCUT2D eigenvalue weighted by Gasteiger charge is -2.00. The van der Waals surface area contributed by atoms with Crippen molar-refractivity contribution in [2.45, 2.75) is 13.3 Å². The van der Waals surface area contributed by atoms with E-state index in [-0.39, 0.29) is 9.52 Å². The van der Waals surface area contributed by atoms with E-state index < -0.39 is 0 Å². The van der Waals surface area contributed by atoms with Gasteiger partial charge in [0.05, 0.1) is 9.52 Å². The summed E-state index contributed by atoms with van der Waals surface area (Å²) in [6, 6.07) is 8.96. The molecule has 0 unspecified atom stereocenters. The molecule has 1 aliphatic carbocycles. The van der Waals surface area contributed by atoms with Gasteiger partial charge >= 0.3 is 0 Å². The smallest absolute Gasteiger partial charge is 0.0818 e. The highest BCUT2D eigenvalue weighted by atomic mass is 28.2. The maximum absolute atomic E-state index is 2.35. The van der Waals surface area contributed by atoms with Gasteiger partial charge in [-0.05, 0) is 13.3 Å². The van der Waals surface area contributed by atoms with Crippen LogP contribution in [0.2, 0.25) is 0 Å². The highest BCUT2D eigenvalue weighted by Crippen LogP contribution is 2.06. The summed E-state index contributed by atoms with van der Waals surface area (Å²) in [6.07, 6.45) is 8.03. The summed E-state index contributed by atoms with van der Waals surface area (Å²) in [4.78, 5) is 0. The third-order valence-corrected chi connectivity index (χ3v) is 4.19. The van der Waals surface area contributed by atoms with Crippen LogP contribution in [0.1, 0.15) is 12.0 Å². The summed E-state index contributed by atoms with van der Waals surface area (Å²) in [6.45, 7) is 2.14. The van der Waals surface area contributed by atoms with Crippen LogP contribution in [0.4, 0.5) is 0 Å². The van der Waals surface area contributed by atoms with E-state index in [0.29, 0.717) is 0 Å². The van der Waals surface area contributed by atoms with Crippen molar-refractivity contribution in [3.05, 3.63) is 53.3 Å². The zero-order chi connectivity index (χ0) is 9.10. The van der Waals surface area contributed by atoms with Gasteiger partial charge in [0.15, 0.2) is 0 Å². The van der Waals surface area contributed by atoms with Crippen molar-refractivity contribution < 1.29 is 0 Å². The van der Waals surface area contributed by atoms with E-state index in [4.69, 9.17) is 0 Å². The number of rotatable bonds is 2. The number of aryl methyl sites for hydroxylation is 1. The SMILES string of the molecule is Cc1ccc([SiH2]C2=CCC=C2)cc1. The Bertz CT molecular complexity index is 344. The summed E-state index contributed by atoms with van der Waals surface area (Å²) >= 11 is 0. The van der Waals surface area contributed by atoms with Gasteiger partial charge in [-0.15, -0.1) is 0 Å². The van der Waals surface area contributed by atoms with Crippen molar-refractivity contribution in [2.75, 3.05) is 0 Å². The van der Waals surface area contributed by atoms with Gasteiger partial charge in [-0.3, -0.25) is 0 Å². The van der Waals surface area contributed by atoms with Gasteiger partial charge in [-0.2, -0.15) is 0 Å². The monoisotopic (exact) mass is 186 g/mol. The molecule has 1 aliphatic rings. The van der Waals surface area contributed by atoms with E-state index in [2.05, 4.69) is 49.4 Å². The van der Waals surface area contributed by atoms with Crippen molar-refractivity contribution >= 4 is 14.7 Å². The molecule has 13 heavy (non-hydrogen) atoms. The van der Waals surface area contributed by atoms with Crippen LogP contribution in [0.5, 0.6) is 0 Å². The Balaban J connectivity index is 2.09. The Labute approximate surface area is 81.8 Å². The Hall–Kier alpha value is -1.08. The minimum Gasteiger partial charge on any atom is -0.0818 e. The molecule has 0 radical (unpaired) electrons. The number of hydrogen-bond donors (Lipinski definition) is 0. The Kier molecular flexibility index (Phi) is 2.46. The molecule has 1 aromatic rings. The van der Waals surface area contributed by atoms with Crippen LogP contribution >= 0.6 is 0 Å². The Morgan fingerprint density at radius 3 is 2.54 bits per heavy atom. The molecule has 0 fully saturated rings. The first kappa shape index (κ1) is 8.51. The molecule has 0 aromatic heterocycles. The molecule has 2 rings (SSSR count). The van der Waals surface area contributed by atoms with Gasteiger partial charge in [-0.25, -0.2) is 0 Å². The van der Waals surface area contributed by atoms with Crippen LogP contribution < -0.4 is 5.19 Å². The lowest BCUT2D eigenvalue weighted by atomic mass is 10.2. The van der Waals surface area contributed by atoms with Crippen LogP contribution in [0.15, 0.2) is 47.7 Å². The first-order valence-electron chi connectivity index (χ1n) is 4.76. The fourth-order valence-electron chi connectivity index (χ4n) is 1.58. The summed E-state index contributed by atoms with van der Waals surface area (Å²) in [5, 5.41) is 3.13. The van der Waals surface area contributed by atoms with Gasteiger partial charge in [0.2, 0.25) is 0 Å². The molecule has 66 valence electrons. The maximum atomic E-state index is 2.35. The molecule has 0 amide bonds. The van der Waals surface area contributed by atoms with Gasteiger partial charge in [0.1, 0.15) is 0 Å². The number of allylic oxidation sites excluding steroid dienone is 4. The van der Waals surface area contributed by atoms with Crippen molar-refractivity contribution in [1.82, 2.24) is 0 Å². The standard InChI is InChI=1S/C12H14Si/c1-10-6-8-12(9-7-10)13-11-4-2-3-5-11/h2,4-9H,3,13H2,1H3. The molecule has 0 nitrogen and oxygen atoms in total. The van der Waals surface area contributed by atoms with Crippen LogP contribution in [0.25, 0.3) is 0 Å². The van der Waals surface area contributed by atoms with Crippen molar-refractivity contribution in [1.29, 1.82) is 0 Å². The summed E-state index contributed by atoms with van der Waals surface area (Å²) in [7, 11) is -0.177. The second-order valence-electron chi connectivity index (χ2n) is 3.58. The molecule has 0 saturated heterocycles. The molecule has 1 heteroatoms. The normalized spacial score (nSPS) is 15.6. The highest BCUT2D eigenvalue weighted by Gasteiger charge is 1.99. The van der Waals surface area contributed by atoms with Gasteiger partial charge < -0.3 is 0 Å². The van der Waals surface area contributed by atoms with E-state index in [1.54, 1.807) is 10.4 Å². The van der Waals surface area contributed by atoms with Gasteiger partial charge in [-0.1, -0.05) is 58.4 Å². The van der Waals surface area contributed by atoms with E-state index in [1.165, 1.54) is 5.56 Å². The van der Waals surface area contributed by atoms with Crippen LogP contribution in [-0.2, 0) is 0 Å². The average Bonchev–Trinajstić information content (AvgIpc) is 2.62. The predicted molar refractivity (Wildman–Crippen MR) is 61.2 cm³/mol. The molecule has 0 aliphatic heterocycles. The third kappa shape index (κ3) is 2.19. The second-order valence-corrected chi connectivity index (χ2v) is 5.57. The fraction of sp³-hybridized carbons (Fsp3) is 0.167. The molecular weight excluding hydrogens is 172 g/mol. The molecule has 0 heterocycles. The van der Waals surface area contributed by atoms with Gasteiger partial charge in [0.25, 0.3) is 0 Å². The second kappa shape index (κ2) is 3.75. The molecule has 0 spiro atoms. The molecule has 0 atom stereocenters. The first-order valence-corrected chi connectivity index (χ1v) is 6.17. The largest absolute Gasteiger partial charge is 0.0870 e. The Morgan fingerprint density at radius 2 is 1.92 bits per heavy atom. The number of benzene rings is 1. The van der Waals surface area contributed by atoms with Crippen molar-refractivity contribution in [2.24, 2.45) is 0 Å². The minimum absolute atomic E-state index is 0.177. The van der Waals surface area contributed by atoms with E-state index in [0.717, 1.165) is 6.42 Å². The van der Waals surface area contributed by atoms with E-state index in [9.17, 15) is 0 Å². The maximum Gasteiger partial charge on any atom is 0.0870 e. The minimum atomic E-state index is -0.177. The molecule has 0 saturated carbocycles. The lowest BCUT2D eigenvalue weighted by molar-refractivity contribution is 1.45. The quantitative estimate of drug-likeness (QED) is 0.616. The molecule has 1 aromatic carbocycles. The first-order chi connectivity index (χ1) is 6.34. The number of hydrogen-bond acceptors (Lipinski definition) is 0. The Morgan fingerprint density at radius 1 is 1.15 bits per heavy atom. The molecule has 0 bridgehead atoms. The summed E-state index contributed by atoms with van der Waals surface area (Å²) in [5.74, 6) is 0. The average molecular weight is 186 g/mol. The van der Waals surface area contributed by atoms with Crippen LogP contribution in [-0.4, -0.2) is 9.52 Å². The molecule has 0 N–H and O–H groups in total. The van der Waals surface area contributed by atoms with Crippen molar-refractivity contribution in [3.8, 4) is 0 Å². The van der Waals surface area contributed by atoms with Crippen molar-refractivity contribution in [3.63, 3.8) is 0 Å². The van der Waals surface area contributed by atoms with Crippen LogP contribution in [0.3, 0.4) is 0 Å². The fourth-order valence-corrected chi connectivity index (χ4v) is 3.12. The van der Waals surface area contributed by atoms with Gasteiger partial charge in [0, 0.05) is 0 Å². The van der Waals surface area contributed by atoms with Crippen LogP contribution in [0, 0.1) is 6.92 Å². The van der Waals surface area contributed by atoms with E-state index >= 15 is 0 Å². The third-order valence-electron chi connectivity index (χ3n) is 2.38. The lowest BCUT2D eigenvalue weighted by Crippen LogP contribution is -2.14. The summed E-state index contributed by atoms with van der Waals surface area (Å²) < 4.78 is 0. The predicted octanol–water partition coefficient (Wildman–Crippen LogP) is 1.63. The highest BCUT2D eigenvalue weighted by molar-refractivity contribution is 6.61. The molecular formula is C12H14Si. The zero-order valence-corrected chi connectivity index (χ0v) is 9.37. The summed E-state index contributed by atoms with van der Waals surface area (Å²) in [5.41, 5.74) is 1.36. The topological polar surface area (TPSA) is 0 Å².